The van der Waals surface area contributed by atoms with Crippen LogP contribution in [0.25, 0.3) is 0 Å². The predicted molar refractivity (Wildman–Crippen MR) is 87.1 cm³/mol. The first-order valence-corrected chi connectivity index (χ1v) is 8.59. The van der Waals surface area contributed by atoms with E-state index < -0.39 is 0 Å². The van der Waals surface area contributed by atoms with Gasteiger partial charge in [0.05, 0.1) is 11.3 Å². The summed E-state index contributed by atoms with van der Waals surface area (Å²) in [4.78, 5) is 17.7. The molecule has 2 aliphatic rings. The van der Waals surface area contributed by atoms with Gasteiger partial charge < -0.3 is 9.80 Å². The van der Waals surface area contributed by atoms with Crippen molar-refractivity contribution >= 4 is 5.91 Å². The van der Waals surface area contributed by atoms with E-state index in [1.165, 1.54) is 12.8 Å². The van der Waals surface area contributed by atoms with E-state index in [-0.39, 0.29) is 5.91 Å². The third kappa shape index (κ3) is 2.45. The summed E-state index contributed by atoms with van der Waals surface area (Å²) in [5, 5.41) is 4.52. The molecular formula is C17H28N4O. The first kappa shape index (κ1) is 15.5. The Labute approximate surface area is 133 Å². The molecule has 3 rings (SSSR count). The molecule has 0 aromatic carbocycles. The minimum absolute atomic E-state index is 0.192. The Morgan fingerprint density at radius 3 is 2.45 bits per heavy atom. The largest absolute Gasteiger partial charge is 0.334 e. The second-order valence-corrected chi connectivity index (χ2v) is 6.76. The zero-order valence-corrected chi connectivity index (χ0v) is 14.3. The minimum atomic E-state index is 0.192. The van der Waals surface area contributed by atoms with Crippen LogP contribution >= 0.6 is 0 Å². The van der Waals surface area contributed by atoms with Crippen molar-refractivity contribution in [2.45, 2.75) is 65.1 Å². The van der Waals surface area contributed by atoms with Crippen molar-refractivity contribution in [3.8, 4) is 0 Å². The third-order valence-corrected chi connectivity index (χ3v) is 5.48. The highest BCUT2D eigenvalue weighted by Crippen LogP contribution is 2.31. The summed E-state index contributed by atoms with van der Waals surface area (Å²) in [6.45, 7) is 8.91. The molecule has 1 amide bonds. The number of hydrogen-bond donors (Lipinski definition) is 0. The SMILES string of the molecule is CCn1nc(C)c(C(=O)N2CCCC2C2CCCN2C)c1C. The van der Waals surface area contributed by atoms with E-state index in [1.807, 2.05) is 18.5 Å². The maximum Gasteiger partial charge on any atom is 0.257 e. The summed E-state index contributed by atoms with van der Waals surface area (Å²) < 4.78 is 1.94. The Hall–Kier alpha value is -1.36. The number of likely N-dealkylation sites (tertiary alicyclic amines) is 2. The van der Waals surface area contributed by atoms with Crippen molar-refractivity contribution in [2.75, 3.05) is 20.1 Å². The monoisotopic (exact) mass is 304 g/mol. The summed E-state index contributed by atoms with van der Waals surface area (Å²) >= 11 is 0. The highest BCUT2D eigenvalue weighted by atomic mass is 16.2. The van der Waals surface area contributed by atoms with Crippen LogP contribution in [0.5, 0.6) is 0 Å². The van der Waals surface area contributed by atoms with E-state index in [0.717, 1.165) is 49.4 Å². The Balaban J connectivity index is 1.86. The lowest BCUT2D eigenvalue weighted by atomic mass is 10.0. The van der Waals surface area contributed by atoms with E-state index in [1.54, 1.807) is 0 Å². The summed E-state index contributed by atoms with van der Waals surface area (Å²) in [7, 11) is 2.20. The molecule has 0 bridgehead atoms. The van der Waals surface area contributed by atoms with Gasteiger partial charge in [0.2, 0.25) is 0 Å². The topological polar surface area (TPSA) is 41.4 Å². The molecule has 2 unspecified atom stereocenters. The van der Waals surface area contributed by atoms with E-state index in [2.05, 4.69) is 28.9 Å². The summed E-state index contributed by atoms with van der Waals surface area (Å²) in [6, 6.07) is 0.914. The molecule has 3 heterocycles. The van der Waals surface area contributed by atoms with Gasteiger partial charge in [-0.25, -0.2) is 0 Å². The number of likely N-dealkylation sites (N-methyl/N-ethyl adjacent to an activating group) is 1. The predicted octanol–water partition coefficient (Wildman–Crippen LogP) is 2.22. The van der Waals surface area contributed by atoms with Gasteiger partial charge in [-0.3, -0.25) is 9.48 Å². The van der Waals surface area contributed by atoms with Crippen molar-refractivity contribution in [3.05, 3.63) is 17.0 Å². The Morgan fingerprint density at radius 2 is 1.86 bits per heavy atom. The molecule has 5 heteroatoms. The fraction of sp³-hybridized carbons (Fsp3) is 0.765. The van der Waals surface area contributed by atoms with E-state index >= 15 is 0 Å². The van der Waals surface area contributed by atoms with Crippen LogP contribution in [0.2, 0.25) is 0 Å². The summed E-state index contributed by atoms with van der Waals surface area (Å²) in [5.74, 6) is 0.192. The van der Waals surface area contributed by atoms with Crippen LogP contribution in [0.4, 0.5) is 0 Å². The van der Waals surface area contributed by atoms with Gasteiger partial charge in [-0.1, -0.05) is 0 Å². The second kappa shape index (κ2) is 6.03. The number of carbonyl (C=O) groups excluding carboxylic acids is 1. The molecule has 0 radical (unpaired) electrons. The molecule has 5 nitrogen and oxygen atoms in total. The fourth-order valence-electron chi connectivity index (χ4n) is 4.32. The average Bonchev–Trinajstić information content (AvgIpc) is 3.17. The van der Waals surface area contributed by atoms with Crippen molar-refractivity contribution in [2.24, 2.45) is 0 Å². The molecular weight excluding hydrogens is 276 g/mol. The molecule has 0 N–H and O–H groups in total. The fourth-order valence-corrected chi connectivity index (χ4v) is 4.32. The lowest BCUT2D eigenvalue weighted by molar-refractivity contribution is 0.0663. The van der Waals surface area contributed by atoms with Gasteiger partial charge in [-0.05, 0) is 60.0 Å². The number of rotatable bonds is 3. The maximum absolute atomic E-state index is 13.1. The number of nitrogens with zero attached hydrogens (tertiary/aromatic N) is 4. The smallest absolute Gasteiger partial charge is 0.257 e. The van der Waals surface area contributed by atoms with Crippen molar-refractivity contribution in [3.63, 3.8) is 0 Å². The molecule has 0 aliphatic carbocycles. The van der Waals surface area contributed by atoms with Gasteiger partial charge in [0.1, 0.15) is 0 Å². The van der Waals surface area contributed by atoms with Crippen LogP contribution in [0.1, 0.15) is 54.4 Å². The first-order chi connectivity index (χ1) is 10.5. The molecule has 2 aliphatic heterocycles. The number of aryl methyl sites for hydroxylation is 2. The van der Waals surface area contributed by atoms with Gasteiger partial charge in [0.15, 0.2) is 0 Å². The van der Waals surface area contributed by atoms with E-state index in [4.69, 9.17) is 0 Å². The first-order valence-electron chi connectivity index (χ1n) is 8.59. The van der Waals surface area contributed by atoms with Gasteiger partial charge in [-0.15, -0.1) is 0 Å². The van der Waals surface area contributed by atoms with Crippen LogP contribution in [-0.4, -0.2) is 57.7 Å². The molecule has 122 valence electrons. The Morgan fingerprint density at radius 1 is 1.18 bits per heavy atom. The van der Waals surface area contributed by atoms with E-state index in [9.17, 15) is 4.79 Å². The van der Waals surface area contributed by atoms with Crippen molar-refractivity contribution in [1.82, 2.24) is 19.6 Å². The molecule has 0 saturated carbocycles. The zero-order valence-electron chi connectivity index (χ0n) is 14.3. The molecule has 2 saturated heterocycles. The van der Waals surface area contributed by atoms with Gasteiger partial charge in [-0.2, -0.15) is 5.10 Å². The number of carbonyl (C=O) groups is 1. The third-order valence-electron chi connectivity index (χ3n) is 5.48. The lowest BCUT2D eigenvalue weighted by Gasteiger charge is -2.33. The van der Waals surface area contributed by atoms with Gasteiger partial charge >= 0.3 is 0 Å². The van der Waals surface area contributed by atoms with Crippen LogP contribution in [0.15, 0.2) is 0 Å². The van der Waals surface area contributed by atoms with Crippen LogP contribution in [0.3, 0.4) is 0 Å². The van der Waals surface area contributed by atoms with Crippen molar-refractivity contribution < 1.29 is 4.79 Å². The molecule has 22 heavy (non-hydrogen) atoms. The maximum atomic E-state index is 13.1. The average molecular weight is 304 g/mol. The van der Waals surface area contributed by atoms with Crippen molar-refractivity contribution in [1.29, 1.82) is 0 Å². The summed E-state index contributed by atoms with van der Waals surface area (Å²) in [6.07, 6.45) is 4.74. The molecule has 0 spiro atoms. The van der Waals surface area contributed by atoms with Gasteiger partial charge in [0, 0.05) is 30.9 Å². The second-order valence-electron chi connectivity index (χ2n) is 6.76. The summed E-state index contributed by atoms with van der Waals surface area (Å²) in [5.41, 5.74) is 2.71. The van der Waals surface area contributed by atoms with Crippen LogP contribution < -0.4 is 0 Å². The number of amides is 1. The normalized spacial score (nSPS) is 26.1. The molecule has 2 atom stereocenters. The Kier molecular flexibility index (Phi) is 4.26. The standard InChI is InChI=1S/C17H28N4O/c1-5-21-13(3)16(12(2)18-21)17(22)20-11-7-9-15(20)14-8-6-10-19(14)4/h14-15H,5-11H2,1-4H3. The van der Waals surface area contributed by atoms with E-state index in [0.29, 0.717) is 12.1 Å². The number of aromatic nitrogens is 2. The minimum Gasteiger partial charge on any atom is -0.334 e. The molecule has 1 aromatic heterocycles. The van der Waals surface area contributed by atoms with Crippen LogP contribution in [0, 0.1) is 13.8 Å². The highest BCUT2D eigenvalue weighted by Gasteiger charge is 2.39. The lowest BCUT2D eigenvalue weighted by Crippen LogP contribution is -2.47. The molecule has 1 aromatic rings. The van der Waals surface area contributed by atoms with Gasteiger partial charge in [0.25, 0.3) is 5.91 Å². The van der Waals surface area contributed by atoms with Crippen LogP contribution in [-0.2, 0) is 6.54 Å². The molecule has 2 fully saturated rings. The highest BCUT2D eigenvalue weighted by molar-refractivity contribution is 5.96. The quantitative estimate of drug-likeness (QED) is 0.860. The number of hydrogen-bond acceptors (Lipinski definition) is 3. The zero-order chi connectivity index (χ0) is 15.9. The Bertz CT molecular complexity index is 565.